The van der Waals surface area contributed by atoms with Gasteiger partial charge in [0.1, 0.15) is 17.6 Å². The molecule has 2 aromatic heterocycles. The Hall–Kier alpha value is -4.31. The third-order valence-corrected chi connectivity index (χ3v) is 10.6. The number of benzene rings is 3. The summed E-state index contributed by atoms with van der Waals surface area (Å²) in [6, 6.07) is 18.6. The summed E-state index contributed by atoms with van der Waals surface area (Å²) in [7, 11) is 0. The van der Waals surface area contributed by atoms with E-state index in [0.717, 1.165) is 56.8 Å². The number of hydrogen-bond donors (Lipinski definition) is 2. The van der Waals surface area contributed by atoms with Crippen molar-refractivity contribution < 1.29 is 9.13 Å². The number of anilines is 3. The van der Waals surface area contributed by atoms with E-state index in [9.17, 15) is 9.65 Å². The van der Waals surface area contributed by atoms with E-state index in [2.05, 4.69) is 81.9 Å². The molecule has 4 heterocycles. The van der Waals surface area contributed by atoms with E-state index in [1.165, 1.54) is 23.9 Å². The Morgan fingerprint density at radius 3 is 2.48 bits per heavy atom. The highest BCUT2D eigenvalue weighted by atomic mass is 35.5. The van der Waals surface area contributed by atoms with Crippen LogP contribution in [0.2, 0.25) is 10.0 Å². The molecular weight excluding hydrogens is 700 g/mol. The number of ether oxygens (including phenoxy) is 1. The van der Waals surface area contributed by atoms with Crippen molar-refractivity contribution in [2.24, 2.45) is 0 Å². The first-order chi connectivity index (χ1) is 25.1. The molecule has 0 spiro atoms. The molecule has 0 radical (unpaired) electrons. The molecule has 2 aliphatic rings. The van der Waals surface area contributed by atoms with Crippen molar-refractivity contribution in [1.82, 2.24) is 29.8 Å². The first-order valence-corrected chi connectivity index (χ1v) is 18.4. The number of pyridine rings is 1. The van der Waals surface area contributed by atoms with Crippen molar-refractivity contribution in [1.29, 1.82) is 5.26 Å². The number of likely N-dealkylation sites (tertiary alicyclic amines) is 1. The summed E-state index contributed by atoms with van der Waals surface area (Å²) in [5.41, 5.74) is 5.67. The minimum atomic E-state index is -0.533. The predicted octanol–water partition coefficient (Wildman–Crippen LogP) is 8.36. The van der Waals surface area contributed by atoms with Gasteiger partial charge in [-0.15, -0.1) is 5.10 Å². The highest BCUT2D eigenvalue weighted by Crippen LogP contribution is 2.38. The van der Waals surface area contributed by atoms with Crippen molar-refractivity contribution >= 4 is 51.2 Å². The van der Waals surface area contributed by atoms with Gasteiger partial charge in [0.15, 0.2) is 0 Å². The highest BCUT2D eigenvalue weighted by Gasteiger charge is 2.30. The van der Waals surface area contributed by atoms with Crippen LogP contribution in [-0.4, -0.2) is 74.7 Å². The molecule has 1 atom stereocenters. The third kappa shape index (κ3) is 7.87. The van der Waals surface area contributed by atoms with Gasteiger partial charge in [0.25, 0.3) is 0 Å². The molecule has 10 nitrogen and oxygen atoms in total. The van der Waals surface area contributed by atoms with Crippen LogP contribution in [0.15, 0.2) is 67.0 Å². The number of piperidine rings is 1. The molecule has 2 N–H and O–H groups in total. The van der Waals surface area contributed by atoms with E-state index in [0.29, 0.717) is 51.8 Å². The summed E-state index contributed by atoms with van der Waals surface area (Å²) in [5, 5.41) is 27.5. The number of nitrogens with zero attached hydrogens (tertiary/aromatic N) is 7. The topological polar surface area (TPSA) is 107 Å². The molecule has 270 valence electrons. The predicted molar refractivity (Wildman–Crippen MR) is 204 cm³/mol. The van der Waals surface area contributed by atoms with E-state index in [1.807, 2.05) is 22.9 Å². The Kier molecular flexibility index (Phi) is 10.6. The van der Waals surface area contributed by atoms with E-state index in [-0.39, 0.29) is 22.6 Å². The summed E-state index contributed by atoms with van der Waals surface area (Å²) < 4.78 is 21.7. The molecule has 2 aliphatic heterocycles. The third-order valence-electron chi connectivity index (χ3n) is 10.0. The SMILES string of the molecule is CC(C)(C)N1CCC(n2cc([C@@H](Nc3cc(Cl)c4ncc(C#N)c(Nc5ccc(F)c(Cl)c5)c4c3)c3ccccc3CN3CCOCC3)nn2)CC1. The lowest BCUT2D eigenvalue weighted by atomic mass is 9.96. The highest BCUT2D eigenvalue weighted by molar-refractivity contribution is 6.36. The van der Waals surface area contributed by atoms with Crippen LogP contribution >= 0.6 is 23.2 Å². The van der Waals surface area contributed by atoms with Crippen LogP contribution in [0.25, 0.3) is 10.9 Å². The number of fused-ring (bicyclic) bond motifs is 1. The Bertz CT molecular complexity index is 2100. The van der Waals surface area contributed by atoms with Crippen LogP contribution < -0.4 is 10.6 Å². The lowest BCUT2D eigenvalue weighted by Crippen LogP contribution is -2.46. The molecule has 13 heteroatoms. The molecule has 7 rings (SSSR count). The van der Waals surface area contributed by atoms with E-state index in [1.54, 1.807) is 6.07 Å². The first kappa shape index (κ1) is 36.1. The van der Waals surface area contributed by atoms with Gasteiger partial charge in [-0.25, -0.2) is 9.07 Å². The lowest BCUT2D eigenvalue weighted by molar-refractivity contribution is 0.0340. The fraction of sp³-hybridized carbons (Fsp3) is 0.385. The summed E-state index contributed by atoms with van der Waals surface area (Å²) in [4.78, 5) is 9.45. The second-order valence-corrected chi connectivity index (χ2v) is 15.3. The fourth-order valence-electron chi connectivity index (χ4n) is 7.12. The standard InChI is InChI=1S/C39H42Cl2FN9O/c1-39(2,3)50-12-10-29(11-13-50)51-24-35(47-48-51)38(30-7-5-4-6-25(30)23-49-14-16-52-17-15-49)46-28-18-31-36(45-27-8-9-34(42)32(40)19-27)26(21-43)22-44-37(31)33(41)20-28/h4-9,18-20,22,24,29,38,46H,10-17,23H2,1-3H3,(H,44,45)/t38-/m0/s1. The summed E-state index contributed by atoms with van der Waals surface area (Å²) in [6.45, 7) is 12.7. The van der Waals surface area contributed by atoms with E-state index in [4.69, 9.17) is 33.0 Å². The molecule has 0 aliphatic carbocycles. The minimum absolute atomic E-state index is 0.0337. The largest absolute Gasteiger partial charge is 0.379 e. The average molecular weight is 743 g/mol. The van der Waals surface area contributed by atoms with Crippen molar-refractivity contribution in [2.45, 2.75) is 57.8 Å². The Morgan fingerprint density at radius 1 is 1.00 bits per heavy atom. The summed E-state index contributed by atoms with van der Waals surface area (Å²) in [5.74, 6) is -0.533. The Labute approximate surface area is 313 Å². The van der Waals surface area contributed by atoms with Gasteiger partial charge in [-0.2, -0.15) is 5.26 Å². The Morgan fingerprint density at radius 2 is 1.75 bits per heavy atom. The second kappa shape index (κ2) is 15.3. The maximum atomic E-state index is 14.0. The van der Waals surface area contributed by atoms with Crippen LogP contribution in [0.4, 0.5) is 21.5 Å². The molecule has 2 saturated heterocycles. The molecule has 0 saturated carbocycles. The first-order valence-electron chi connectivity index (χ1n) is 17.6. The lowest BCUT2D eigenvalue weighted by Gasteiger charge is -2.40. The number of hydrogen-bond acceptors (Lipinski definition) is 9. The molecule has 2 fully saturated rings. The number of morpholine rings is 1. The van der Waals surface area contributed by atoms with E-state index >= 15 is 0 Å². The molecular formula is C39H42Cl2FN9O. The summed E-state index contributed by atoms with van der Waals surface area (Å²) in [6.07, 6.45) is 5.54. The van der Waals surface area contributed by atoms with Crippen LogP contribution in [0.1, 0.15) is 68.1 Å². The van der Waals surface area contributed by atoms with Crippen molar-refractivity contribution in [3.63, 3.8) is 0 Å². The van der Waals surface area contributed by atoms with Gasteiger partial charge in [-0.05, 0) is 75.1 Å². The van der Waals surface area contributed by atoms with Crippen LogP contribution in [0.5, 0.6) is 0 Å². The number of aromatic nitrogens is 4. The number of nitriles is 1. The number of nitrogens with one attached hydrogen (secondary N) is 2. The maximum Gasteiger partial charge on any atom is 0.141 e. The number of halogens is 3. The molecule has 0 unspecified atom stereocenters. The smallest absolute Gasteiger partial charge is 0.141 e. The van der Waals surface area contributed by atoms with Gasteiger partial charge in [0.2, 0.25) is 0 Å². The molecule has 52 heavy (non-hydrogen) atoms. The van der Waals surface area contributed by atoms with Gasteiger partial charge < -0.3 is 15.4 Å². The zero-order chi connectivity index (χ0) is 36.4. The van der Waals surface area contributed by atoms with Crippen LogP contribution in [0.3, 0.4) is 0 Å². The maximum absolute atomic E-state index is 14.0. The molecule has 0 amide bonds. The van der Waals surface area contributed by atoms with Crippen LogP contribution in [0, 0.1) is 17.1 Å². The monoisotopic (exact) mass is 741 g/mol. The molecule has 3 aromatic carbocycles. The molecule has 5 aromatic rings. The van der Waals surface area contributed by atoms with Crippen LogP contribution in [-0.2, 0) is 11.3 Å². The second-order valence-electron chi connectivity index (χ2n) is 14.4. The normalized spacial score (nSPS) is 16.9. The Balaban J connectivity index is 1.27. The van der Waals surface area contributed by atoms with Crippen molar-refractivity contribution in [3.8, 4) is 6.07 Å². The van der Waals surface area contributed by atoms with Gasteiger partial charge in [-0.1, -0.05) is 52.7 Å². The summed E-state index contributed by atoms with van der Waals surface area (Å²) >= 11 is 13.0. The fourth-order valence-corrected chi connectivity index (χ4v) is 7.57. The van der Waals surface area contributed by atoms with Gasteiger partial charge in [0.05, 0.1) is 58.3 Å². The quantitative estimate of drug-likeness (QED) is 0.154. The van der Waals surface area contributed by atoms with Crippen molar-refractivity contribution in [3.05, 3.63) is 105 Å². The average Bonchev–Trinajstić information content (AvgIpc) is 3.63. The van der Waals surface area contributed by atoms with Gasteiger partial charge >= 0.3 is 0 Å². The van der Waals surface area contributed by atoms with Crippen molar-refractivity contribution in [2.75, 3.05) is 50.0 Å². The van der Waals surface area contributed by atoms with Gasteiger partial charge in [-0.3, -0.25) is 14.8 Å². The minimum Gasteiger partial charge on any atom is -0.379 e. The zero-order valence-electron chi connectivity index (χ0n) is 29.5. The molecule has 0 bridgehead atoms. The van der Waals surface area contributed by atoms with E-state index < -0.39 is 5.82 Å². The zero-order valence-corrected chi connectivity index (χ0v) is 31.1. The number of rotatable bonds is 9. The van der Waals surface area contributed by atoms with Gasteiger partial charge in [0, 0.05) is 61.2 Å².